The quantitative estimate of drug-likeness (QED) is 0.515. The summed E-state index contributed by atoms with van der Waals surface area (Å²) in [7, 11) is 3.13. The lowest BCUT2D eigenvalue weighted by Gasteiger charge is -2.26. The molecule has 1 amide bonds. The Morgan fingerprint density at radius 1 is 1.19 bits per heavy atom. The van der Waals surface area contributed by atoms with Crippen LogP contribution in [-0.4, -0.2) is 56.9 Å². The Morgan fingerprint density at radius 3 is 2.65 bits per heavy atom. The van der Waals surface area contributed by atoms with Crippen molar-refractivity contribution >= 4 is 12.1 Å². The van der Waals surface area contributed by atoms with Crippen molar-refractivity contribution in [1.82, 2.24) is 4.90 Å². The van der Waals surface area contributed by atoms with Crippen molar-refractivity contribution in [3.63, 3.8) is 0 Å². The summed E-state index contributed by atoms with van der Waals surface area (Å²) >= 11 is 0. The molecule has 0 aromatic heterocycles. The molecule has 8 heteroatoms. The average molecular weight is 367 g/mol. The lowest BCUT2D eigenvalue weighted by molar-refractivity contribution is -0.167. The Bertz CT molecular complexity index is 634. The van der Waals surface area contributed by atoms with E-state index in [4.69, 9.17) is 23.7 Å². The van der Waals surface area contributed by atoms with Gasteiger partial charge in [-0.1, -0.05) is 6.07 Å². The molecule has 8 nitrogen and oxygen atoms in total. The van der Waals surface area contributed by atoms with Crippen LogP contribution >= 0.6 is 0 Å². The molecule has 1 aliphatic rings. The zero-order valence-corrected chi connectivity index (χ0v) is 15.5. The molecule has 2 rings (SSSR count). The predicted molar refractivity (Wildman–Crippen MR) is 92.0 cm³/mol. The van der Waals surface area contributed by atoms with Gasteiger partial charge in [0.05, 0.1) is 13.0 Å². The first-order valence-electron chi connectivity index (χ1n) is 8.41. The van der Waals surface area contributed by atoms with Crippen LogP contribution in [0.3, 0.4) is 0 Å². The number of amides is 1. The molecule has 0 fully saturated rings. The van der Waals surface area contributed by atoms with E-state index in [2.05, 4.69) is 0 Å². The fraction of sp³-hybridized carbons (Fsp3) is 0.556. The molecular formula is C18H25NO7. The molecule has 0 N–H and O–H groups in total. The van der Waals surface area contributed by atoms with Crippen LogP contribution in [0, 0.1) is 0 Å². The second kappa shape index (κ2) is 9.28. The van der Waals surface area contributed by atoms with Gasteiger partial charge < -0.3 is 28.6 Å². The minimum Gasteiger partial charge on any atom is -0.454 e. The van der Waals surface area contributed by atoms with E-state index in [0.717, 1.165) is 11.3 Å². The van der Waals surface area contributed by atoms with Crippen LogP contribution in [0.5, 0.6) is 11.5 Å². The Morgan fingerprint density at radius 2 is 1.92 bits per heavy atom. The third-order valence-electron chi connectivity index (χ3n) is 3.99. The third kappa shape index (κ3) is 5.52. The lowest BCUT2D eigenvalue weighted by Crippen LogP contribution is -2.39. The van der Waals surface area contributed by atoms with Gasteiger partial charge >= 0.3 is 12.1 Å². The number of benzene rings is 1. The topological polar surface area (TPSA) is 83.5 Å². The fourth-order valence-electron chi connectivity index (χ4n) is 2.40. The highest BCUT2D eigenvalue weighted by atomic mass is 16.7. The fourth-order valence-corrected chi connectivity index (χ4v) is 2.40. The van der Waals surface area contributed by atoms with Crippen molar-refractivity contribution in [2.75, 3.05) is 27.6 Å². The molecular weight excluding hydrogens is 342 g/mol. The minimum absolute atomic E-state index is 0.106. The number of methoxy groups -OCH3 is 1. The molecule has 1 aromatic rings. The van der Waals surface area contributed by atoms with Crippen molar-refractivity contribution in [1.29, 1.82) is 0 Å². The van der Waals surface area contributed by atoms with Gasteiger partial charge in [-0.05, 0) is 31.0 Å². The number of carbonyl (C=O) groups excluding carboxylic acids is 2. The Balaban J connectivity index is 1.82. The molecule has 0 aliphatic carbocycles. The van der Waals surface area contributed by atoms with Crippen molar-refractivity contribution < 1.29 is 33.3 Å². The second-order valence-electron chi connectivity index (χ2n) is 6.04. The smallest absolute Gasteiger partial charge is 0.412 e. The molecule has 0 radical (unpaired) electrons. The molecule has 2 atom stereocenters. The zero-order valence-electron chi connectivity index (χ0n) is 15.5. The van der Waals surface area contributed by atoms with E-state index in [1.807, 2.05) is 25.1 Å². The van der Waals surface area contributed by atoms with Gasteiger partial charge in [-0.2, -0.15) is 0 Å². The Hall–Kier alpha value is -2.48. The highest BCUT2D eigenvalue weighted by Crippen LogP contribution is 2.32. The molecule has 0 bridgehead atoms. The summed E-state index contributed by atoms with van der Waals surface area (Å²) in [5.74, 6) is 0.943. The van der Waals surface area contributed by atoms with Gasteiger partial charge in [-0.15, -0.1) is 0 Å². The van der Waals surface area contributed by atoms with Gasteiger partial charge in [-0.3, -0.25) is 4.79 Å². The number of hydrogen-bond acceptors (Lipinski definition) is 7. The van der Waals surface area contributed by atoms with Gasteiger partial charge in [-0.25, -0.2) is 4.79 Å². The van der Waals surface area contributed by atoms with Crippen LogP contribution in [-0.2, 0) is 25.4 Å². The van der Waals surface area contributed by atoms with Gasteiger partial charge in [0.2, 0.25) is 13.1 Å². The van der Waals surface area contributed by atoms with E-state index in [0.29, 0.717) is 12.2 Å². The zero-order chi connectivity index (χ0) is 19.1. The number of esters is 1. The maximum Gasteiger partial charge on any atom is 0.412 e. The number of ether oxygens (including phenoxy) is 5. The van der Waals surface area contributed by atoms with Crippen molar-refractivity contribution in [3.05, 3.63) is 23.8 Å². The molecule has 26 heavy (non-hydrogen) atoms. The van der Waals surface area contributed by atoms with Gasteiger partial charge in [0.15, 0.2) is 11.5 Å². The third-order valence-corrected chi connectivity index (χ3v) is 3.99. The van der Waals surface area contributed by atoms with Gasteiger partial charge in [0.1, 0.15) is 0 Å². The van der Waals surface area contributed by atoms with Gasteiger partial charge in [0, 0.05) is 27.1 Å². The summed E-state index contributed by atoms with van der Waals surface area (Å²) in [6.07, 6.45) is -0.809. The van der Waals surface area contributed by atoms with Crippen LogP contribution in [0.15, 0.2) is 18.2 Å². The molecule has 1 aromatic carbocycles. The van der Waals surface area contributed by atoms with Crippen molar-refractivity contribution in [2.45, 2.75) is 39.0 Å². The number of carbonyl (C=O) groups is 2. The Labute approximate surface area is 152 Å². The van der Waals surface area contributed by atoms with E-state index < -0.39 is 18.4 Å². The lowest BCUT2D eigenvalue weighted by atomic mass is 10.1. The minimum atomic E-state index is -0.966. The first-order chi connectivity index (χ1) is 12.4. The van der Waals surface area contributed by atoms with Crippen LogP contribution in [0.4, 0.5) is 4.79 Å². The molecule has 0 saturated heterocycles. The largest absolute Gasteiger partial charge is 0.454 e. The highest BCUT2D eigenvalue weighted by molar-refractivity contribution is 5.70. The van der Waals surface area contributed by atoms with E-state index in [9.17, 15) is 9.59 Å². The van der Waals surface area contributed by atoms with Gasteiger partial charge in [0.25, 0.3) is 0 Å². The van der Waals surface area contributed by atoms with E-state index >= 15 is 0 Å². The molecule has 2 unspecified atom stereocenters. The van der Waals surface area contributed by atoms with Crippen LogP contribution in [0.25, 0.3) is 0 Å². The molecule has 1 aliphatic heterocycles. The van der Waals surface area contributed by atoms with Crippen molar-refractivity contribution in [2.24, 2.45) is 0 Å². The van der Waals surface area contributed by atoms with E-state index in [1.54, 1.807) is 7.05 Å². The monoisotopic (exact) mass is 367 g/mol. The average Bonchev–Trinajstić information content (AvgIpc) is 3.06. The molecule has 0 saturated carbocycles. The maximum absolute atomic E-state index is 12.2. The van der Waals surface area contributed by atoms with Crippen LogP contribution < -0.4 is 9.47 Å². The summed E-state index contributed by atoms with van der Waals surface area (Å²) in [6, 6.07) is 5.56. The first kappa shape index (κ1) is 19.8. The number of hydrogen-bond donors (Lipinski definition) is 0. The summed E-state index contributed by atoms with van der Waals surface area (Å²) in [6.45, 7) is 3.88. The maximum atomic E-state index is 12.2. The molecule has 144 valence electrons. The predicted octanol–water partition coefficient (Wildman–Crippen LogP) is 2.34. The number of nitrogens with zero attached hydrogens (tertiary/aromatic N) is 1. The normalized spacial score (nSPS) is 14.5. The number of likely N-dealkylation sites (N-methyl/N-ethyl adjacent to an activating group) is 1. The highest BCUT2D eigenvalue weighted by Gasteiger charge is 2.22. The van der Waals surface area contributed by atoms with Crippen LogP contribution in [0.1, 0.15) is 25.8 Å². The SMILES string of the molecule is COCCC(=O)OC(C)OC(=O)N(C)C(C)Cc1ccc2c(c1)OCO2. The summed E-state index contributed by atoms with van der Waals surface area (Å²) in [4.78, 5) is 25.2. The number of rotatable bonds is 8. The summed E-state index contributed by atoms with van der Waals surface area (Å²) < 4.78 is 25.6. The number of fused-ring (bicyclic) bond motifs is 1. The summed E-state index contributed by atoms with van der Waals surface area (Å²) in [5.41, 5.74) is 1.01. The van der Waals surface area contributed by atoms with E-state index in [1.165, 1.54) is 18.9 Å². The second-order valence-corrected chi connectivity index (χ2v) is 6.04. The standard InChI is InChI=1S/C18H25NO7/c1-12(9-14-5-6-15-16(10-14)24-11-23-15)19(3)18(21)26-13(2)25-17(20)7-8-22-4/h5-6,10,12-13H,7-9,11H2,1-4H3. The molecule has 1 heterocycles. The summed E-state index contributed by atoms with van der Waals surface area (Å²) in [5, 5.41) is 0. The first-order valence-corrected chi connectivity index (χ1v) is 8.41. The van der Waals surface area contributed by atoms with E-state index in [-0.39, 0.29) is 25.9 Å². The Kier molecular flexibility index (Phi) is 7.08. The molecule has 0 spiro atoms. The van der Waals surface area contributed by atoms with Crippen LogP contribution in [0.2, 0.25) is 0 Å². The van der Waals surface area contributed by atoms with Crippen molar-refractivity contribution in [3.8, 4) is 11.5 Å².